The second-order valence-electron chi connectivity index (χ2n) is 2.29. The van der Waals surface area contributed by atoms with Gasteiger partial charge in [0.15, 0.2) is 0 Å². The molecule has 3 heteroatoms. The Bertz CT molecular complexity index is 135. The molecule has 3 nitrogen and oxygen atoms in total. The lowest BCUT2D eigenvalue weighted by molar-refractivity contribution is 0.0771. The van der Waals surface area contributed by atoms with Crippen LogP contribution in [0, 0.1) is 0 Å². The Hall–Kier alpha value is -0.990. The predicted octanol–water partition coefficient (Wildman–Crippen LogP) is 2.52. The number of ether oxygens (including phenoxy) is 2. The van der Waals surface area contributed by atoms with Crippen molar-refractivity contribution in [1.82, 2.24) is 0 Å². The largest absolute Gasteiger partial charge is 0.507 e. The van der Waals surface area contributed by atoms with Gasteiger partial charge < -0.3 is 9.47 Å². The molecular formula is C9H16O3. The Morgan fingerprint density at radius 1 is 1.42 bits per heavy atom. The molecule has 12 heavy (non-hydrogen) atoms. The smallest absolute Gasteiger partial charge is 0.438 e. The molecule has 0 spiro atoms. The third kappa shape index (κ3) is 7.12. The highest BCUT2D eigenvalue weighted by molar-refractivity contribution is 5.59. The van der Waals surface area contributed by atoms with Gasteiger partial charge in [0.25, 0.3) is 0 Å². The first-order valence-electron chi connectivity index (χ1n) is 4.17. The lowest BCUT2D eigenvalue weighted by Gasteiger charge is -1.94. The zero-order valence-electron chi connectivity index (χ0n) is 7.71. The number of carbonyl (C=O) groups excluding carboxylic acids is 1. The van der Waals surface area contributed by atoms with Gasteiger partial charge in [-0.05, 0) is 26.2 Å². The van der Waals surface area contributed by atoms with E-state index in [1.54, 1.807) is 6.92 Å². The Balaban J connectivity index is 0.000000211. The fourth-order valence-corrected chi connectivity index (χ4v) is 0.766. The standard InChI is InChI=1S/C5H8.C4H8O3/c1-2-4-5-3-1;1-3-7-4(5)6-2/h1-2H,3-5H2;3H2,1-2H3. The third-order valence-corrected chi connectivity index (χ3v) is 1.34. The maximum atomic E-state index is 9.97. The second-order valence-corrected chi connectivity index (χ2v) is 2.29. The fraction of sp³-hybridized carbons (Fsp3) is 0.667. The highest BCUT2D eigenvalue weighted by atomic mass is 16.7. The number of methoxy groups -OCH3 is 1. The highest BCUT2D eigenvalue weighted by Gasteiger charge is 1.92. The molecule has 0 heterocycles. The van der Waals surface area contributed by atoms with Crippen molar-refractivity contribution in [2.45, 2.75) is 26.2 Å². The molecule has 1 rings (SSSR count). The van der Waals surface area contributed by atoms with Crippen LogP contribution in [0.4, 0.5) is 4.79 Å². The summed E-state index contributed by atoms with van der Waals surface area (Å²) in [5, 5.41) is 0. The van der Waals surface area contributed by atoms with Crippen molar-refractivity contribution >= 4 is 6.16 Å². The maximum absolute atomic E-state index is 9.97. The zero-order chi connectivity index (χ0) is 9.23. The van der Waals surface area contributed by atoms with E-state index in [1.165, 1.54) is 26.4 Å². The van der Waals surface area contributed by atoms with E-state index in [0.29, 0.717) is 6.61 Å². The topological polar surface area (TPSA) is 35.5 Å². The minimum absolute atomic E-state index is 0.368. The SMILES string of the molecule is C1=CCCC1.CCOC(=O)OC. The molecule has 0 atom stereocenters. The fourth-order valence-electron chi connectivity index (χ4n) is 0.766. The van der Waals surface area contributed by atoms with E-state index in [4.69, 9.17) is 0 Å². The van der Waals surface area contributed by atoms with Crippen molar-refractivity contribution in [3.05, 3.63) is 12.2 Å². The average molecular weight is 172 g/mol. The first kappa shape index (κ1) is 11.0. The highest BCUT2D eigenvalue weighted by Crippen LogP contribution is 2.05. The van der Waals surface area contributed by atoms with Gasteiger partial charge in [-0.1, -0.05) is 12.2 Å². The molecule has 70 valence electrons. The molecule has 0 radical (unpaired) electrons. The molecule has 0 fully saturated rings. The van der Waals surface area contributed by atoms with E-state index in [1.807, 2.05) is 0 Å². The molecule has 0 aromatic carbocycles. The normalized spacial score (nSPS) is 13.2. The van der Waals surface area contributed by atoms with E-state index >= 15 is 0 Å². The van der Waals surface area contributed by atoms with Crippen molar-refractivity contribution in [3.8, 4) is 0 Å². The van der Waals surface area contributed by atoms with Crippen LogP contribution in [0.25, 0.3) is 0 Å². The Labute approximate surface area is 73.4 Å². The summed E-state index contributed by atoms with van der Waals surface area (Å²) in [5.41, 5.74) is 0. The minimum atomic E-state index is -0.623. The Morgan fingerprint density at radius 2 is 2.00 bits per heavy atom. The molecule has 0 bridgehead atoms. The average Bonchev–Trinajstić information content (AvgIpc) is 2.62. The molecule has 0 N–H and O–H groups in total. The molecular weight excluding hydrogens is 156 g/mol. The van der Waals surface area contributed by atoms with Gasteiger partial charge >= 0.3 is 6.16 Å². The van der Waals surface area contributed by atoms with Crippen LogP contribution in [0.5, 0.6) is 0 Å². The molecule has 0 unspecified atom stereocenters. The summed E-state index contributed by atoms with van der Waals surface area (Å²) in [4.78, 5) is 9.97. The van der Waals surface area contributed by atoms with Gasteiger partial charge in [0.1, 0.15) is 0 Å². The van der Waals surface area contributed by atoms with Gasteiger partial charge in [-0.15, -0.1) is 0 Å². The van der Waals surface area contributed by atoms with E-state index in [0.717, 1.165) is 0 Å². The number of hydrogen-bond acceptors (Lipinski definition) is 3. The van der Waals surface area contributed by atoms with Crippen molar-refractivity contribution in [1.29, 1.82) is 0 Å². The molecule has 1 aliphatic rings. The number of hydrogen-bond donors (Lipinski definition) is 0. The Morgan fingerprint density at radius 3 is 2.17 bits per heavy atom. The van der Waals surface area contributed by atoms with Gasteiger partial charge in [0.05, 0.1) is 13.7 Å². The summed E-state index contributed by atoms with van der Waals surface area (Å²) >= 11 is 0. The molecule has 0 saturated heterocycles. The first-order valence-corrected chi connectivity index (χ1v) is 4.17. The molecule has 0 saturated carbocycles. The lowest BCUT2D eigenvalue weighted by atomic mass is 10.4. The Kier molecular flexibility index (Phi) is 7.44. The van der Waals surface area contributed by atoms with Crippen LogP contribution in [0.1, 0.15) is 26.2 Å². The van der Waals surface area contributed by atoms with Gasteiger partial charge in [-0.2, -0.15) is 0 Å². The van der Waals surface area contributed by atoms with E-state index < -0.39 is 6.16 Å². The van der Waals surface area contributed by atoms with E-state index in [-0.39, 0.29) is 0 Å². The molecule has 0 aliphatic heterocycles. The van der Waals surface area contributed by atoms with Crippen LogP contribution < -0.4 is 0 Å². The van der Waals surface area contributed by atoms with Gasteiger partial charge in [0, 0.05) is 0 Å². The van der Waals surface area contributed by atoms with E-state index in [2.05, 4.69) is 21.6 Å². The number of allylic oxidation sites excluding steroid dienone is 2. The monoisotopic (exact) mass is 172 g/mol. The summed E-state index contributed by atoms with van der Waals surface area (Å²) < 4.78 is 8.46. The molecule has 0 aromatic heterocycles. The maximum Gasteiger partial charge on any atom is 0.507 e. The molecule has 0 aromatic rings. The van der Waals surface area contributed by atoms with Crippen LogP contribution in [0.15, 0.2) is 12.2 Å². The van der Waals surface area contributed by atoms with Crippen LogP contribution >= 0.6 is 0 Å². The number of rotatable bonds is 1. The van der Waals surface area contributed by atoms with Crippen LogP contribution in [-0.4, -0.2) is 19.9 Å². The second kappa shape index (κ2) is 8.11. The van der Waals surface area contributed by atoms with Crippen molar-refractivity contribution in [3.63, 3.8) is 0 Å². The summed E-state index contributed by atoms with van der Waals surface area (Å²) in [5.74, 6) is 0. The van der Waals surface area contributed by atoms with Crippen LogP contribution in [0.3, 0.4) is 0 Å². The summed E-state index contributed by atoms with van der Waals surface area (Å²) in [7, 11) is 1.28. The summed E-state index contributed by atoms with van der Waals surface area (Å²) in [6, 6.07) is 0. The zero-order valence-corrected chi connectivity index (χ0v) is 7.71. The molecule has 0 amide bonds. The van der Waals surface area contributed by atoms with E-state index in [9.17, 15) is 4.79 Å². The quantitative estimate of drug-likeness (QED) is 0.450. The van der Waals surface area contributed by atoms with Crippen LogP contribution in [-0.2, 0) is 9.47 Å². The van der Waals surface area contributed by atoms with Crippen molar-refractivity contribution in [2.75, 3.05) is 13.7 Å². The van der Waals surface area contributed by atoms with Crippen molar-refractivity contribution in [2.24, 2.45) is 0 Å². The van der Waals surface area contributed by atoms with Gasteiger partial charge in [0.2, 0.25) is 0 Å². The molecule has 1 aliphatic carbocycles. The van der Waals surface area contributed by atoms with Gasteiger partial charge in [-0.25, -0.2) is 4.79 Å². The summed E-state index contributed by atoms with van der Waals surface area (Å²) in [6.07, 6.45) is 7.88. The number of carbonyl (C=O) groups is 1. The first-order chi connectivity index (χ1) is 5.81. The van der Waals surface area contributed by atoms with Gasteiger partial charge in [-0.3, -0.25) is 0 Å². The predicted molar refractivity (Wildman–Crippen MR) is 47.0 cm³/mol. The minimum Gasteiger partial charge on any atom is -0.438 e. The lowest BCUT2D eigenvalue weighted by Crippen LogP contribution is -2.02. The van der Waals surface area contributed by atoms with Crippen LogP contribution in [0.2, 0.25) is 0 Å². The summed E-state index contributed by atoms with van der Waals surface area (Å²) in [6.45, 7) is 2.09. The van der Waals surface area contributed by atoms with Crippen molar-refractivity contribution < 1.29 is 14.3 Å². The third-order valence-electron chi connectivity index (χ3n) is 1.34.